The van der Waals surface area contributed by atoms with Crippen molar-refractivity contribution in [3.8, 4) is 0 Å². The second-order valence-corrected chi connectivity index (χ2v) is 8.72. The van der Waals surface area contributed by atoms with Crippen molar-refractivity contribution < 1.29 is 28.5 Å². The Labute approximate surface area is 196 Å². The zero-order valence-electron chi connectivity index (χ0n) is 19.3. The van der Waals surface area contributed by atoms with Crippen LogP contribution in [0.1, 0.15) is 37.3 Å². The molecule has 0 radical (unpaired) electrons. The maximum atomic E-state index is 13.3. The minimum absolute atomic E-state index is 0.0703. The summed E-state index contributed by atoms with van der Waals surface area (Å²) in [4.78, 5) is 13.3. The number of hydrogen-bond donors (Lipinski definition) is 0. The first-order chi connectivity index (χ1) is 16.2. The highest BCUT2D eigenvalue weighted by Gasteiger charge is 2.43. The molecule has 2 aromatic rings. The fraction of sp³-hybridized carbons (Fsp3) is 0.519. The topological polar surface area (TPSA) is 63.2 Å². The van der Waals surface area contributed by atoms with Gasteiger partial charge in [0, 0.05) is 12.3 Å². The highest BCUT2D eigenvalue weighted by molar-refractivity contribution is 5.87. The Bertz CT molecular complexity index is 836. The van der Waals surface area contributed by atoms with Gasteiger partial charge in [-0.05, 0) is 24.0 Å². The average molecular weight is 455 g/mol. The first-order valence-corrected chi connectivity index (χ1v) is 11.9. The highest BCUT2D eigenvalue weighted by Crippen LogP contribution is 2.29. The van der Waals surface area contributed by atoms with Gasteiger partial charge in [0.25, 0.3) is 0 Å². The number of ether oxygens (including phenoxy) is 5. The summed E-state index contributed by atoms with van der Waals surface area (Å²) in [5.41, 5.74) is 2.11. The summed E-state index contributed by atoms with van der Waals surface area (Å²) in [6, 6.07) is 19.9. The molecular formula is C27H34O6. The Kier molecular flexibility index (Phi) is 9.03. The SMILES string of the molecule is C[C@@H]1C(=O)[C@@H](OCc2ccccc2)[C@@H](COCc2ccccc2)O[C@@H]1CCC1OCCCO1. The largest absolute Gasteiger partial charge is 0.374 e. The quantitative estimate of drug-likeness (QED) is 0.533. The monoisotopic (exact) mass is 454 g/mol. The molecule has 2 heterocycles. The first kappa shape index (κ1) is 24.0. The van der Waals surface area contributed by atoms with E-state index in [9.17, 15) is 4.79 Å². The van der Waals surface area contributed by atoms with E-state index in [1.807, 2.05) is 67.6 Å². The fourth-order valence-corrected chi connectivity index (χ4v) is 4.30. The molecule has 178 valence electrons. The Hall–Kier alpha value is -2.09. The number of benzene rings is 2. The van der Waals surface area contributed by atoms with Gasteiger partial charge >= 0.3 is 0 Å². The number of ketones is 1. The summed E-state index contributed by atoms with van der Waals surface area (Å²) in [7, 11) is 0. The third-order valence-electron chi connectivity index (χ3n) is 6.22. The van der Waals surface area contributed by atoms with Gasteiger partial charge in [0.15, 0.2) is 12.1 Å². The molecule has 4 atom stereocenters. The molecule has 0 bridgehead atoms. The summed E-state index contributed by atoms with van der Waals surface area (Å²) in [6.07, 6.45) is 0.770. The van der Waals surface area contributed by atoms with Crippen LogP contribution in [-0.4, -0.2) is 50.2 Å². The van der Waals surface area contributed by atoms with E-state index in [-0.39, 0.29) is 24.1 Å². The number of hydrogen-bond acceptors (Lipinski definition) is 6. The molecule has 0 aliphatic carbocycles. The molecule has 2 fully saturated rings. The van der Waals surface area contributed by atoms with E-state index < -0.39 is 12.2 Å². The van der Waals surface area contributed by atoms with Crippen molar-refractivity contribution in [3.05, 3.63) is 71.8 Å². The lowest BCUT2D eigenvalue weighted by molar-refractivity contribution is -0.203. The molecule has 2 aliphatic rings. The zero-order valence-corrected chi connectivity index (χ0v) is 19.3. The van der Waals surface area contributed by atoms with Gasteiger partial charge in [0.2, 0.25) is 0 Å². The van der Waals surface area contributed by atoms with Crippen LogP contribution >= 0.6 is 0 Å². The molecule has 2 saturated heterocycles. The van der Waals surface area contributed by atoms with Gasteiger partial charge in [-0.2, -0.15) is 0 Å². The molecule has 33 heavy (non-hydrogen) atoms. The number of carbonyl (C=O) groups excluding carboxylic acids is 1. The number of carbonyl (C=O) groups is 1. The van der Waals surface area contributed by atoms with Crippen LogP contribution in [0.15, 0.2) is 60.7 Å². The Morgan fingerprint density at radius 3 is 2.15 bits per heavy atom. The fourth-order valence-electron chi connectivity index (χ4n) is 4.30. The zero-order chi connectivity index (χ0) is 22.9. The third kappa shape index (κ3) is 6.95. The van der Waals surface area contributed by atoms with E-state index in [2.05, 4.69) is 0 Å². The van der Waals surface area contributed by atoms with Crippen molar-refractivity contribution in [1.82, 2.24) is 0 Å². The lowest BCUT2D eigenvalue weighted by Gasteiger charge is -2.39. The molecule has 6 heteroatoms. The molecule has 0 aromatic heterocycles. The van der Waals surface area contributed by atoms with Gasteiger partial charge in [-0.3, -0.25) is 4.79 Å². The van der Waals surface area contributed by atoms with Crippen molar-refractivity contribution in [3.63, 3.8) is 0 Å². The third-order valence-corrected chi connectivity index (χ3v) is 6.22. The van der Waals surface area contributed by atoms with Crippen LogP contribution in [0.25, 0.3) is 0 Å². The van der Waals surface area contributed by atoms with Crippen molar-refractivity contribution in [2.45, 2.75) is 64.0 Å². The van der Waals surface area contributed by atoms with Crippen molar-refractivity contribution in [2.24, 2.45) is 5.92 Å². The molecule has 0 N–H and O–H groups in total. The first-order valence-electron chi connectivity index (χ1n) is 11.9. The molecule has 0 unspecified atom stereocenters. The minimum Gasteiger partial charge on any atom is -0.374 e. The average Bonchev–Trinajstić information content (AvgIpc) is 2.87. The van der Waals surface area contributed by atoms with Crippen LogP contribution < -0.4 is 0 Å². The maximum absolute atomic E-state index is 13.3. The summed E-state index contributed by atoms with van der Waals surface area (Å²) >= 11 is 0. The smallest absolute Gasteiger partial charge is 0.169 e. The summed E-state index contributed by atoms with van der Waals surface area (Å²) in [6.45, 7) is 4.47. The van der Waals surface area contributed by atoms with Gasteiger partial charge in [-0.1, -0.05) is 67.6 Å². The number of rotatable bonds is 10. The van der Waals surface area contributed by atoms with Crippen molar-refractivity contribution in [1.29, 1.82) is 0 Å². The molecule has 0 amide bonds. The van der Waals surface area contributed by atoms with Crippen LogP contribution in [0.2, 0.25) is 0 Å². The summed E-state index contributed by atoms with van der Waals surface area (Å²) in [5.74, 6) is -0.194. The van der Waals surface area contributed by atoms with Crippen LogP contribution in [-0.2, 0) is 41.7 Å². The normalized spacial score (nSPS) is 26.4. The maximum Gasteiger partial charge on any atom is 0.169 e. The Morgan fingerprint density at radius 1 is 0.848 bits per heavy atom. The number of Topliss-reactive ketones (excluding diaryl/α,β-unsaturated/α-hetero) is 1. The van der Waals surface area contributed by atoms with Gasteiger partial charge < -0.3 is 23.7 Å². The summed E-state index contributed by atoms with van der Waals surface area (Å²) < 4.78 is 29.8. The van der Waals surface area contributed by atoms with E-state index in [1.165, 1.54) is 0 Å². The molecule has 2 aliphatic heterocycles. The molecule has 2 aromatic carbocycles. The second kappa shape index (κ2) is 12.4. The summed E-state index contributed by atoms with van der Waals surface area (Å²) in [5, 5.41) is 0. The predicted octanol–water partition coefficient (Wildman–Crippen LogP) is 4.30. The van der Waals surface area contributed by atoms with Crippen LogP contribution in [0, 0.1) is 5.92 Å². The molecule has 6 nitrogen and oxygen atoms in total. The minimum atomic E-state index is -0.658. The lowest BCUT2D eigenvalue weighted by Crippen LogP contribution is -2.53. The van der Waals surface area contributed by atoms with Crippen LogP contribution in [0.4, 0.5) is 0 Å². The Morgan fingerprint density at radius 2 is 1.48 bits per heavy atom. The van der Waals surface area contributed by atoms with Crippen LogP contribution in [0.5, 0.6) is 0 Å². The van der Waals surface area contributed by atoms with Gasteiger partial charge in [0.1, 0.15) is 12.2 Å². The molecule has 0 saturated carbocycles. The van der Waals surface area contributed by atoms with E-state index in [4.69, 9.17) is 23.7 Å². The molecule has 4 rings (SSSR count). The molecule has 0 spiro atoms. The highest BCUT2D eigenvalue weighted by atomic mass is 16.7. The van der Waals surface area contributed by atoms with Gasteiger partial charge in [0.05, 0.1) is 39.1 Å². The van der Waals surface area contributed by atoms with E-state index >= 15 is 0 Å². The Balaban J connectivity index is 1.38. The van der Waals surface area contributed by atoms with E-state index in [0.29, 0.717) is 32.7 Å². The van der Waals surface area contributed by atoms with Crippen LogP contribution in [0.3, 0.4) is 0 Å². The van der Waals surface area contributed by atoms with E-state index in [0.717, 1.165) is 30.8 Å². The van der Waals surface area contributed by atoms with Gasteiger partial charge in [-0.15, -0.1) is 0 Å². The second-order valence-electron chi connectivity index (χ2n) is 8.72. The van der Waals surface area contributed by atoms with Crippen molar-refractivity contribution >= 4 is 5.78 Å². The van der Waals surface area contributed by atoms with Gasteiger partial charge in [-0.25, -0.2) is 0 Å². The lowest BCUT2D eigenvalue weighted by atomic mass is 9.87. The standard InChI is InChI=1S/C27H34O6/c1-20-23(13-14-25-30-15-8-16-31-25)33-24(19-29-17-21-9-4-2-5-10-21)27(26(20)28)32-18-22-11-6-3-7-12-22/h2-7,9-12,20,23-25,27H,8,13-19H2,1H3/t20-,23+,24+,27-/m0/s1. The predicted molar refractivity (Wildman–Crippen MR) is 123 cm³/mol. The molecular weight excluding hydrogens is 420 g/mol. The van der Waals surface area contributed by atoms with Crippen molar-refractivity contribution in [2.75, 3.05) is 19.8 Å². The van der Waals surface area contributed by atoms with E-state index in [1.54, 1.807) is 0 Å².